The summed E-state index contributed by atoms with van der Waals surface area (Å²) in [6, 6.07) is 8.08. The predicted octanol–water partition coefficient (Wildman–Crippen LogP) is 2.23. The zero-order valence-corrected chi connectivity index (χ0v) is 17.6. The van der Waals surface area contributed by atoms with Gasteiger partial charge in [-0.25, -0.2) is 4.98 Å². The van der Waals surface area contributed by atoms with E-state index in [2.05, 4.69) is 26.9 Å². The van der Waals surface area contributed by atoms with Crippen molar-refractivity contribution in [1.82, 2.24) is 14.9 Å². The number of hydrogen-bond donors (Lipinski definition) is 1. The van der Waals surface area contributed by atoms with Gasteiger partial charge in [0.25, 0.3) is 0 Å². The Hall–Kier alpha value is -1.71. The quantitative estimate of drug-likeness (QED) is 0.705. The number of aliphatic hydroxyl groups is 1. The third-order valence-electron chi connectivity index (χ3n) is 5.33. The van der Waals surface area contributed by atoms with E-state index in [4.69, 9.17) is 9.57 Å². The van der Waals surface area contributed by atoms with Crippen LogP contribution in [-0.4, -0.2) is 78.6 Å². The van der Waals surface area contributed by atoms with E-state index in [0.29, 0.717) is 13.2 Å². The maximum atomic E-state index is 10.4. The Kier molecular flexibility index (Phi) is 7.34. The average Bonchev–Trinajstić information content (AvgIpc) is 3.30. The molecule has 29 heavy (non-hydrogen) atoms. The van der Waals surface area contributed by atoms with Crippen LogP contribution in [0.3, 0.4) is 0 Å². The summed E-state index contributed by atoms with van der Waals surface area (Å²) in [4.78, 5) is 14.6. The highest BCUT2D eigenvalue weighted by molar-refractivity contribution is 7.13. The summed E-state index contributed by atoms with van der Waals surface area (Å²) < 4.78 is 5.79. The van der Waals surface area contributed by atoms with Gasteiger partial charge in [0, 0.05) is 57.4 Å². The molecular weight excluding hydrogens is 388 g/mol. The number of aromatic nitrogens is 1. The summed E-state index contributed by atoms with van der Waals surface area (Å²) in [7, 11) is 0. The van der Waals surface area contributed by atoms with Gasteiger partial charge in [-0.3, -0.25) is 9.74 Å². The fourth-order valence-electron chi connectivity index (χ4n) is 3.70. The minimum atomic E-state index is -0.497. The number of β-amino-alcohol motifs (C(OH)–C–C–N with tert-alkyl or cyclic N) is 1. The van der Waals surface area contributed by atoms with Gasteiger partial charge in [0.2, 0.25) is 0 Å². The number of rotatable bonds is 8. The van der Waals surface area contributed by atoms with E-state index in [1.807, 2.05) is 28.8 Å². The topological polar surface area (TPSA) is 61.3 Å². The number of hydroxylamine groups is 2. The van der Waals surface area contributed by atoms with E-state index in [9.17, 15) is 5.11 Å². The van der Waals surface area contributed by atoms with E-state index in [1.54, 1.807) is 11.3 Å². The lowest BCUT2D eigenvalue weighted by molar-refractivity contribution is -0.187. The molecule has 0 radical (unpaired) electrons. The summed E-state index contributed by atoms with van der Waals surface area (Å²) in [6.45, 7) is 7.31. The fourth-order valence-corrected chi connectivity index (χ4v) is 4.40. The molecule has 7 nitrogen and oxygen atoms in total. The third kappa shape index (κ3) is 6.13. The second kappa shape index (κ2) is 10.4. The van der Waals surface area contributed by atoms with Crippen LogP contribution in [0.4, 0.5) is 5.13 Å². The van der Waals surface area contributed by atoms with Crippen molar-refractivity contribution in [2.45, 2.75) is 25.5 Å². The smallest absolute Gasteiger partial charge is 0.185 e. The Bertz CT molecular complexity index is 714. The van der Waals surface area contributed by atoms with Gasteiger partial charge in [0.1, 0.15) is 18.5 Å². The zero-order valence-electron chi connectivity index (χ0n) is 16.8. The van der Waals surface area contributed by atoms with Crippen molar-refractivity contribution >= 4 is 16.5 Å². The van der Waals surface area contributed by atoms with Crippen molar-refractivity contribution in [3.8, 4) is 5.75 Å². The van der Waals surface area contributed by atoms with E-state index in [-0.39, 0.29) is 0 Å². The Morgan fingerprint density at radius 1 is 1.10 bits per heavy atom. The van der Waals surface area contributed by atoms with Gasteiger partial charge in [-0.15, -0.1) is 11.3 Å². The number of hydrogen-bond acceptors (Lipinski definition) is 8. The van der Waals surface area contributed by atoms with E-state index in [1.165, 1.54) is 12.0 Å². The predicted molar refractivity (Wildman–Crippen MR) is 114 cm³/mol. The van der Waals surface area contributed by atoms with Gasteiger partial charge in [-0.2, -0.15) is 5.06 Å². The first-order valence-electron chi connectivity index (χ1n) is 10.4. The molecule has 3 heterocycles. The van der Waals surface area contributed by atoms with E-state index in [0.717, 1.165) is 63.2 Å². The fraction of sp³-hybridized carbons (Fsp3) is 0.571. The molecule has 2 fully saturated rings. The van der Waals surface area contributed by atoms with E-state index >= 15 is 0 Å². The van der Waals surface area contributed by atoms with Crippen LogP contribution in [0, 0.1) is 0 Å². The highest BCUT2D eigenvalue weighted by Crippen LogP contribution is 2.19. The first-order chi connectivity index (χ1) is 14.3. The molecule has 0 bridgehead atoms. The van der Waals surface area contributed by atoms with E-state index < -0.39 is 6.10 Å². The molecule has 2 aliphatic heterocycles. The molecule has 0 amide bonds. The summed E-state index contributed by atoms with van der Waals surface area (Å²) in [5, 5.41) is 15.5. The van der Waals surface area contributed by atoms with Crippen molar-refractivity contribution < 1.29 is 14.7 Å². The van der Waals surface area contributed by atoms with Crippen LogP contribution in [0.5, 0.6) is 5.75 Å². The van der Waals surface area contributed by atoms with Crippen LogP contribution < -0.4 is 9.64 Å². The molecular formula is C21H30N4O3S. The minimum Gasteiger partial charge on any atom is -0.491 e. The Balaban J connectivity index is 1.15. The molecule has 0 spiro atoms. The molecule has 4 rings (SSSR count). The molecule has 2 saturated heterocycles. The molecule has 1 aromatic carbocycles. The van der Waals surface area contributed by atoms with Crippen LogP contribution in [0.2, 0.25) is 0 Å². The molecule has 2 aromatic rings. The first-order valence-corrected chi connectivity index (χ1v) is 11.3. The van der Waals surface area contributed by atoms with Gasteiger partial charge in [-0.05, 0) is 30.5 Å². The summed E-state index contributed by atoms with van der Waals surface area (Å²) in [6.07, 6.45) is 3.69. The SMILES string of the molecule is OC(COc1ccc(CN2CCCCO2)cc1)CN1CCN(c2nccs2)CC1. The number of thiazole rings is 1. The van der Waals surface area contributed by atoms with Crippen LogP contribution >= 0.6 is 11.3 Å². The lowest BCUT2D eigenvalue weighted by Crippen LogP contribution is -2.49. The lowest BCUT2D eigenvalue weighted by Gasteiger charge is -2.35. The highest BCUT2D eigenvalue weighted by Gasteiger charge is 2.21. The standard InChI is InChI=1S/C21H30N4O3S/c26-19(16-23-9-11-24(12-10-23)21-22-7-14-29-21)17-27-20-5-3-18(4-6-20)15-25-8-1-2-13-28-25/h3-7,14,19,26H,1-2,8-13,15-17H2. The normalized spacial score (nSPS) is 20.0. The van der Waals surface area contributed by atoms with Gasteiger partial charge in [0.05, 0.1) is 6.61 Å². The van der Waals surface area contributed by atoms with Crippen molar-refractivity contribution in [3.05, 3.63) is 41.4 Å². The molecule has 158 valence electrons. The number of benzene rings is 1. The Labute approximate surface area is 176 Å². The zero-order chi connectivity index (χ0) is 19.9. The largest absolute Gasteiger partial charge is 0.491 e. The van der Waals surface area contributed by atoms with Crippen LogP contribution in [0.25, 0.3) is 0 Å². The maximum Gasteiger partial charge on any atom is 0.185 e. The summed E-state index contributed by atoms with van der Waals surface area (Å²) in [5.74, 6) is 0.793. The highest BCUT2D eigenvalue weighted by atomic mass is 32.1. The van der Waals surface area contributed by atoms with Crippen molar-refractivity contribution in [3.63, 3.8) is 0 Å². The number of anilines is 1. The molecule has 1 aromatic heterocycles. The molecule has 1 atom stereocenters. The molecule has 1 N–H and O–H groups in total. The third-order valence-corrected chi connectivity index (χ3v) is 6.16. The molecule has 0 saturated carbocycles. The summed E-state index contributed by atoms with van der Waals surface area (Å²) >= 11 is 1.68. The second-order valence-corrected chi connectivity index (χ2v) is 8.49. The van der Waals surface area contributed by atoms with Gasteiger partial charge >= 0.3 is 0 Å². The minimum absolute atomic E-state index is 0.307. The Morgan fingerprint density at radius 3 is 2.62 bits per heavy atom. The molecule has 0 aliphatic carbocycles. The van der Waals surface area contributed by atoms with Crippen molar-refractivity contribution in [2.24, 2.45) is 0 Å². The first kappa shape index (κ1) is 20.6. The molecule has 8 heteroatoms. The molecule has 2 aliphatic rings. The maximum absolute atomic E-state index is 10.4. The van der Waals surface area contributed by atoms with Gasteiger partial charge in [0.15, 0.2) is 5.13 Å². The second-order valence-electron chi connectivity index (χ2n) is 7.61. The van der Waals surface area contributed by atoms with Crippen molar-refractivity contribution in [1.29, 1.82) is 0 Å². The van der Waals surface area contributed by atoms with Crippen LogP contribution in [0.15, 0.2) is 35.8 Å². The average molecular weight is 419 g/mol. The van der Waals surface area contributed by atoms with Gasteiger partial charge in [-0.1, -0.05) is 12.1 Å². The lowest BCUT2D eigenvalue weighted by atomic mass is 10.2. The number of piperazine rings is 1. The number of nitrogens with zero attached hydrogens (tertiary/aromatic N) is 4. The van der Waals surface area contributed by atoms with Crippen molar-refractivity contribution in [2.75, 3.05) is 57.4 Å². The number of ether oxygens (including phenoxy) is 1. The monoisotopic (exact) mass is 418 g/mol. The van der Waals surface area contributed by atoms with Gasteiger partial charge < -0.3 is 14.7 Å². The van der Waals surface area contributed by atoms with Crippen LogP contribution in [0.1, 0.15) is 18.4 Å². The Morgan fingerprint density at radius 2 is 1.93 bits per heavy atom. The molecule has 1 unspecified atom stereocenters. The van der Waals surface area contributed by atoms with Crippen LogP contribution in [-0.2, 0) is 11.4 Å². The summed E-state index contributed by atoms with van der Waals surface area (Å²) in [5.41, 5.74) is 1.21. The number of aliphatic hydroxyl groups excluding tert-OH is 1.